The Hall–Kier alpha value is -4.49. The van der Waals surface area contributed by atoms with Gasteiger partial charge in [-0.2, -0.15) is 10.4 Å². The lowest BCUT2D eigenvalue weighted by Crippen LogP contribution is -2.42. The molecule has 188 valence electrons. The highest BCUT2D eigenvalue weighted by Crippen LogP contribution is 2.42. The molecule has 1 aliphatic rings. The zero-order chi connectivity index (χ0) is 26.2. The van der Waals surface area contributed by atoms with E-state index in [4.69, 9.17) is 4.74 Å². The molecule has 3 heterocycles. The molecule has 2 aromatic heterocycles. The van der Waals surface area contributed by atoms with Gasteiger partial charge in [0.2, 0.25) is 5.82 Å². The SMILES string of the molecule is CN(C)CC(OC(=O)N1Cc2c(Nc3nc(C#N)nc4ccccc34)n[nH]c2C1(C)C)c1ccccc1. The number of ether oxygens (including phenoxy) is 1. The first-order chi connectivity index (χ1) is 17.8. The second-order valence-corrected chi connectivity index (χ2v) is 9.77. The Labute approximate surface area is 214 Å². The van der Waals surface area contributed by atoms with E-state index in [9.17, 15) is 10.1 Å². The van der Waals surface area contributed by atoms with E-state index in [0.29, 0.717) is 30.2 Å². The van der Waals surface area contributed by atoms with Crippen molar-refractivity contribution in [2.24, 2.45) is 0 Å². The van der Waals surface area contributed by atoms with Crippen molar-refractivity contribution in [1.82, 2.24) is 30.0 Å². The van der Waals surface area contributed by atoms with Gasteiger partial charge in [-0.15, -0.1) is 0 Å². The van der Waals surface area contributed by atoms with Crippen LogP contribution in [0.4, 0.5) is 16.4 Å². The fourth-order valence-electron chi connectivity index (χ4n) is 4.64. The van der Waals surface area contributed by atoms with Gasteiger partial charge in [-0.1, -0.05) is 42.5 Å². The van der Waals surface area contributed by atoms with Gasteiger partial charge in [0, 0.05) is 17.5 Å². The summed E-state index contributed by atoms with van der Waals surface area (Å²) >= 11 is 0. The number of para-hydroxylation sites is 1. The minimum atomic E-state index is -0.676. The second kappa shape index (κ2) is 9.52. The van der Waals surface area contributed by atoms with Crippen molar-refractivity contribution in [3.8, 4) is 6.07 Å². The Kier molecular flexibility index (Phi) is 6.23. The molecular weight excluding hydrogens is 468 g/mol. The number of rotatable bonds is 6. The molecule has 0 bridgehead atoms. The summed E-state index contributed by atoms with van der Waals surface area (Å²) < 4.78 is 6.05. The summed E-state index contributed by atoms with van der Waals surface area (Å²) in [6.07, 6.45) is -0.818. The molecule has 1 aliphatic heterocycles. The number of carbonyl (C=O) groups excluding carboxylic acids is 1. The predicted molar refractivity (Wildman–Crippen MR) is 139 cm³/mol. The summed E-state index contributed by atoms with van der Waals surface area (Å²) in [5.41, 5.74) is 2.57. The molecule has 1 amide bonds. The number of anilines is 2. The average Bonchev–Trinajstić information content (AvgIpc) is 3.41. The van der Waals surface area contributed by atoms with Crippen LogP contribution in [-0.4, -0.2) is 56.7 Å². The smallest absolute Gasteiger partial charge is 0.411 e. The number of hydrogen-bond donors (Lipinski definition) is 2. The predicted octanol–water partition coefficient (Wildman–Crippen LogP) is 4.46. The van der Waals surface area contributed by atoms with E-state index >= 15 is 0 Å². The molecule has 2 aromatic carbocycles. The number of nitrogens with one attached hydrogen (secondary N) is 2. The quantitative estimate of drug-likeness (QED) is 0.401. The maximum absolute atomic E-state index is 13.5. The van der Waals surface area contributed by atoms with Gasteiger partial charge in [0.15, 0.2) is 5.82 Å². The van der Waals surface area contributed by atoms with Crippen molar-refractivity contribution in [3.63, 3.8) is 0 Å². The maximum atomic E-state index is 13.5. The molecule has 4 aromatic rings. The van der Waals surface area contributed by atoms with Crippen LogP contribution in [0.25, 0.3) is 10.9 Å². The summed E-state index contributed by atoms with van der Waals surface area (Å²) in [4.78, 5) is 25.8. The summed E-state index contributed by atoms with van der Waals surface area (Å²) in [5.74, 6) is 1.08. The van der Waals surface area contributed by atoms with E-state index in [2.05, 4.69) is 25.5 Å². The van der Waals surface area contributed by atoms with Gasteiger partial charge in [-0.05, 0) is 45.6 Å². The molecule has 0 radical (unpaired) electrons. The van der Waals surface area contributed by atoms with Crippen LogP contribution in [0, 0.1) is 11.3 Å². The number of nitriles is 1. The molecule has 2 N–H and O–H groups in total. The molecule has 0 fully saturated rings. The third kappa shape index (κ3) is 4.57. The Morgan fingerprint density at radius 3 is 2.62 bits per heavy atom. The number of H-pyrrole nitrogens is 1. The highest BCUT2D eigenvalue weighted by molar-refractivity contribution is 5.91. The highest BCUT2D eigenvalue weighted by atomic mass is 16.6. The first-order valence-electron chi connectivity index (χ1n) is 12.0. The second-order valence-electron chi connectivity index (χ2n) is 9.77. The van der Waals surface area contributed by atoms with Crippen molar-refractivity contribution in [2.45, 2.75) is 32.0 Å². The number of amides is 1. The third-order valence-corrected chi connectivity index (χ3v) is 6.58. The van der Waals surface area contributed by atoms with Crippen molar-refractivity contribution in [1.29, 1.82) is 5.26 Å². The number of hydrogen-bond acceptors (Lipinski definition) is 8. The fraction of sp³-hybridized carbons (Fsp3) is 0.296. The van der Waals surface area contributed by atoms with E-state index in [1.54, 1.807) is 4.90 Å². The highest BCUT2D eigenvalue weighted by Gasteiger charge is 2.45. The molecule has 5 rings (SSSR count). The van der Waals surface area contributed by atoms with Crippen LogP contribution in [0.2, 0.25) is 0 Å². The zero-order valence-electron chi connectivity index (χ0n) is 21.2. The molecule has 1 atom stereocenters. The summed E-state index contributed by atoms with van der Waals surface area (Å²) in [6, 6.07) is 19.2. The number of likely N-dealkylation sites (N-methyl/N-ethyl adjacent to an activating group) is 1. The zero-order valence-corrected chi connectivity index (χ0v) is 21.2. The minimum Gasteiger partial charge on any atom is -0.440 e. The van der Waals surface area contributed by atoms with Gasteiger partial charge < -0.3 is 15.0 Å². The Balaban J connectivity index is 1.42. The molecule has 0 aliphatic carbocycles. The fourth-order valence-corrected chi connectivity index (χ4v) is 4.64. The molecule has 10 heteroatoms. The lowest BCUT2D eigenvalue weighted by Gasteiger charge is -2.33. The van der Waals surface area contributed by atoms with Gasteiger partial charge >= 0.3 is 6.09 Å². The molecule has 10 nitrogen and oxygen atoms in total. The van der Waals surface area contributed by atoms with Crippen molar-refractivity contribution < 1.29 is 9.53 Å². The molecule has 1 unspecified atom stereocenters. The van der Waals surface area contributed by atoms with Crippen LogP contribution >= 0.6 is 0 Å². The van der Waals surface area contributed by atoms with Gasteiger partial charge in [0.25, 0.3) is 0 Å². The standard InChI is InChI=1S/C27H28N8O2/c1-27(2)23-19(15-35(27)26(36)37-21(16-34(3)4)17-10-6-5-7-11-17)25(33-32-23)31-24-18-12-8-9-13-20(18)29-22(14-28)30-24/h5-13,21H,15-16H2,1-4H3,(H2,29,30,31,32,33). The molecular formula is C27H28N8O2. The van der Waals surface area contributed by atoms with E-state index in [-0.39, 0.29) is 5.82 Å². The van der Waals surface area contributed by atoms with Crippen LogP contribution < -0.4 is 5.32 Å². The van der Waals surface area contributed by atoms with Crippen LogP contribution in [0.15, 0.2) is 54.6 Å². The Morgan fingerprint density at radius 2 is 1.89 bits per heavy atom. The first kappa shape index (κ1) is 24.2. The number of aromatic nitrogens is 4. The number of benzene rings is 2. The van der Waals surface area contributed by atoms with Gasteiger partial charge in [0.05, 0.1) is 23.3 Å². The number of aromatic amines is 1. The number of fused-ring (bicyclic) bond motifs is 2. The van der Waals surface area contributed by atoms with E-state index in [1.807, 2.05) is 93.5 Å². The normalized spacial score (nSPS) is 14.9. The monoisotopic (exact) mass is 496 g/mol. The number of carbonyl (C=O) groups is 1. The van der Waals surface area contributed by atoms with Crippen LogP contribution in [-0.2, 0) is 16.8 Å². The van der Waals surface area contributed by atoms with Crippen molar-refractivity contribution >= 4 is 28.6 Å². The van der Waals surface area contributed by atoms with Crippen molar-refractivity contribution in [2.75, 3.05) is 26.0 Å². The Morgan fingerprint density at radius 1 is 1.16 bits per heavy atom. The van der Waals surface area contributed by atoms with Crippen LogP contribution in [0.5, 0.6) is 0 Å². The summed E-state index contributed by atoms with van der Waals surface area (Å²) in [7, 11) is 3.90. The topological polar surface area (TPSA) is 123 Å². The molecule has 0 spiro atoms. The summed E-state index contributed by atoms with van der Waals surface area (Å²) in [5, 5.41) is 21.0. The van der Waals surface area contributed by atoms with E-state index in [1.165, 1.54) is 0 Å². The minimum absolute atomic E-state index is 0.0618. The van der Waals surface area contributed by atoms with Gasteiger partial charge in [-0.25, -0.2) is 14.8 Å². The summed E-state index contributed by atoms with van der Waals surface area (Å²) in [6.45, 7) is 4.78. The molecule has 0 saturated carbocycles. The van der Waals surface area contributed by atoms with Gasteiger partial charge in [-0.3, -0.25) is 10.00 Å². The lowest BCUT2D eigenvalue weighted by atomic mass is 10.0. The Bertz CT molecular complexity index is 1490. The third-order valence-electron chi connectivity index (χ3n) is 6.58. The number of nitrogens with zero attached hydrogens (tertiary/aromatic N) is 6. The largest absolute Gasteiger partial charge is 0.440 e. The van der Waals surface area contributed by atoms with Crippen molar-refractivity contribution in [3.05, 3.63) is 77.2 Å². The van der Waals surface area contributed by atoms with Crippen LogP contribution in [0.3, 0.4) is 0 Å². The van der Waals surface area contributed by atoms with Crippen LogP contribution in [0.1, 0.15) is 42.6 Å². The maximum Gasteiger partial charge on any atom is 0.411 e. The first-order valence-corrected chi connectivity index (χ1v) is 12.0. The van der Waals surface area contributed by atoms with E-state index < -0.39 is 17.7 Å². The molecule has 37 heavy (non-hydrogen) atoms. The van der Waals surface area contributed by atoms with Gasteiger partial charge in [0.1, 0.15) is 18.0 Å². The lowest BCUT2D eigenvalue weighted by molar-refractivity contribution is 0.0259. The molecule has 0 saturated heterocycles. The van der Waals surface area contributed by atoms with E-state index in [0.717, 1.165) is 22.2 Å². The average molecular weight is 497 g/mol.